The van der Waals surface area contributed by atoms with Crippen molar-refractivity contribution in [1.29, 1.82) is 0 Å². The van der Waals surface area contributed by atoms with E-state index in [1.54, 1.807) is 6.07 Å². The first-order chi connectivity index (χ1) is 12.0. The Morgan fingerprint density at radius 1 is 1.40 bits per heavy atom. The van der Waals surface area contributed by atoms with Crippen molar-refractivity contribution >= 4 is 32.7 Å². The molecule has 3 atom stereocenters. The molecule has 0 amide bonds. The molecule has 1 aromatic carbocycles. The highest BCUT2D eigenvalue weighted by Gasteiger charge is 2.26. The van der Waals surface area contributed by atoms with Gasteiger partial charge in [-0.3, -0.25) is 4.21 Å². The topological polar surface area (TPSA) is 53.5 Å². The van der Waals surface area contributed by atoms with Gasteiger partial charge < -0.3 is 10.6 Å². The first kappa shape index (κ1) is 20.4. The SMILES string of the molecule is CCNC(=NCc1ccc(Br)cc1F)NC1CCCC(S(=O)CC)C1. The van der Waals surface area contributed by atoms with Gasteiger partial charge >= 0.3 is 0 Å². The zero-order valence-corrected chi connectivity index (χ0v) is 17.3. The maximum Gasteiger partial charge on any atom is 0.191 e. The summed E-state index contributed by atoms with van der Waals surface area (Å²) in [6.45, 7) is 5.01. The van der Waals surface area contributed by atoms with E-state index in [1.807, 2.05) is 19.9 Å². The summed E-state index contributed by atoms with van der Waals surface area (Å²) in [5.74, 6) is 1.15. The predicted molar refractivity (Wildman–Crippen MR) is 107 cm³/mol. The number of rotatable bonds is 6. The van der Waals surface area contributed by atoms with E-state index in [1.165, 1.54) is 6.07 Å². The third-order valence-electron chi connectivity index (χ3n) is 4.39. The molecule has 0 spiro atoms. The number of nitrogens with one attached hydrogen (secondary N) is 2. The maximum atomic E-state index is 14.0. The third kappa shape index (κ3) is 6.37. The van der Waals surface area contributed by atoms with Crippen LogP contribution in [0.15, 0.2) is 27.7 Å². The average molecular weight is 432 g/mol. The lowest BCUT2D eigenvalue weighted by Gasteiger charge is -2.30. The molecule has 7 heteroatoms. The van der Waals surface area contributed by atoms with Crippen molar-refractivity contribution in [2.75, 3.05) is 12.3 Å². The molecular formula is C18H27BrFN3OS. The lowest BCUT2D eigenvalue weighted by Crippen LogP contribution is -2.46. The molecule has 0 aromatic heterocycles. The summed E-state index contributed by atoms with van der Waals surface area (Å²) < 4.78 is 26.8. The predicted octanol–water partition coefficient (Wildman–Crippen LogP) is 3.72. The molecule has 140 valence electrons. The highest BCUT2D eigenvalue weighted by Crippen LogP contribution is 2.23. The molecule has 2 rings (SSSR count). The minimum Gasteiger partial charge on any atom is -0.357 e. The van der Waals surface area contributed by atoms with Crippen LogP contribution in [-0.2, 0) is 17.3 Å². The number of aliphatic imine (C=N–C) groups is 1. The molecule has 1 aliphatic carbocycles. The summed E-state index contributed by atoms with van der Waals surface area (Å²) in [4.78, 5) is 4.52. The van der Waals surface area contributed by atoms with Crippen LogP contribution in [0, 0.1) is 5.82 Å². The largest absolute Gasteiger partial charge is 0.357 e. The number of hydrogen-bond acceptors (Lipinski definition) is 2. The van der Waals surface area contributed by atoms with Crippen LogP contribution in [0.2, 0.25) is 0 Å². The zero-order chi connectivity index (χ0) is 18.2. The molecule has 0 heterocycles. The molecular weight excluding hydrogens is 405 g/mol. The highest BCUT2D eigenvalue weighted by molar-refractivity contribution is 9.10. The number of nitrogens with zero attached hydrogens (tertiary/aromatic N) is 1. The smallest absolute Gasteiger partial charge is 0.191 e. The van der Waals surface area contributed by atoms with Crippen LogP contribution in [0.4, 0.5) is 4.39 Å². The van der Waals surface area contributed by atoms with Crippen LogP contribution >= 0.6 is 15.9 Å². The fourth-order valence-electron chi connectivity index (χ4n) is 3.08. The van der Waals surface area contributed by atoms with Crippen molar-refractivity contribution in [2.24, 2.45) is 4.99 Å². The van der Waals surface area contributed by atoms with E-state index in [2.05, 4.69) is 31.6 Å². The van der Waals surface area contributed by atoms with Crippen LogP contribution in [-0.4, -0.2) is 33.8 Å². The summed E-state index contributed by atoms with van der Waals surface area (Å²) in [5.41, 5.74) is 0.564. The summed E-state index contributed by atoms with van der Waals surface area (Å²) in [7, 11) is -0.746. The van der Waals surface area contributed by atoms with Gasteiger partial charge in [0.05, 0.1) is 6.54 Å². The van der Waals surface area contributed by atoms with Gasteiger partial charge in [-0.2, -0.15) is 0 Å². The van der Waals surface area contributed by atoms with Crippen molar-refractivity contribution in [2.45, 2.75) is 57.4 Å². The Kier molecular flexibility index (Phi) is 8.36. The summed E-state index contributed by atoms with van der Waals surface area (Å²) in [6, 6.07) is 5.28. The second-order valence-corrected chi connectivity index (χ2v) is 9.15. The lowest BCUT2D eigenvalue weighted by atomic mass is 9.95. The molecule has 0 radical (unpaired) electrons. The minimum absolute atomic E-state index is 0.259. The molecule has 0 saturated heterocycles. The van der Waals surface area contributed by atoms with Crippen molar-refractivity contribution in [3.8, 4) is 0 Å². The first-order valence-electron chi connectivity index (χ1n) is 8.89. The zero-order valence-electron chi connectivity index (χ0n) is 14.9. The summed E-state index contributed by atoms with van der Waals surface area (Å²) >= 11 is 3.26. The minimum atomic E-state index is -0.746. The van der Waals surface area contributed by atoms with E-state index in [9.17, 15) is 8.60 Å². The van der Waals surface area contributed by atoms with Crippen LogP contribution < -0.4 is 10.6 Å². The molecule has 2 N–H and O–H groups in total. The van der Waals surface area contributed by atoms with E-state index in [4.69, 9.17) is 0 Å². The number of hydrogen-bond donors (Lipinski definition) is 2. The van der Waals surface area contributed by atoms with Crippen molar-refractivity contribution in [3.05, 3.63) is 34.1 Å². The number of guanidine groups is 1. The quantitative estimate of drug-likeness (QED) is 0.532. The third-order valence-corrected chi connectivity index (χ3v) is 6.62. The molecule has 0 bridgehead atoms. The van der Waals surface area contributed by atoms with E-state index in [0.29, 0.717) is 17.3 Å². The van der Waals surface area contributed by atoms with Gasteiger partial charge in [0, 0.05) is 44.4 Å². The normalized spacial score (nSPS) is 22.5. The van der Waals surface area contributed by atoms with Crippen molar-refractivity contribution < 1.29 is 8.60 Å². The molecule has 1 saturated carbocycles. The Bertz CT molecular complexity index is 626. The van der Waals surface area contributed by atoms with Crippen LogP contribution in [0.1, 0.15) is 45.1 Å². The standard InChI is InChI=1S/C18H27BrFN3OS/c1-3-21-18(22-12-13-8-9-14(19)10-17(13)20)23-15-6-5-7-16(11-15)25(24)4-2/h8-10,15-16H,3-7,11-12H2,1-2H3,(H2,21,22,23). The molecule has 1 fully saturated rings. The fourth-order valence-corrected chi connectivity index (χ4v) is 4.76. The Morgan fingerprint density at radius 3 is 2.88 bits per heavy atom. The maximum absolute atomic E-state index is 14.0. The van der Waals surface area contributed by atoms with Crippen LogP contribution in [0.25, 0.3) is 0 Å². The van der Waals surface area contributed by atoms with Gasteiger partial charge in [0.2, 0.25) is 0 Å². The molecule has 3 unspecified atom stereocenters. The highest BCUT2D eigenvalue weighted by atomic mass is 79.9. The number of benzene rings is 1. The Hall–Kier alpha value is -0.950. The molecule has 25 heavy (non-hydrogen) atoms. The van der Waals surface area contributed by atoms with Gasteiger partial charge in [-0.15, -0.1) is 0 Å². The van der Waals surface area contributed by atoms with E-state index in [0.717, 1.165) is 36.7 Å². The fraction of sp³-hybridized carbons (Fsp3) is 0.611. The Morgan fingerprint density at radius 2 is 2.20 bits per heavy atom. The van der Waals surface area contributed by atoms with Gasteiger partial charge in [-0.05, 0) is 38.3 Å². The van der Waals surface area contributed by atoms with E-state index in [-0.39, 0.29) is 23.7 Å². The molecule has 1 aliphatic rings. The van der Waals surface area contributed by atoms with Crippen LogP contribution in [0.5, 0.6) is 0 Å². The molecule has 4 nitrogen and oxygen atoms in total. The van der Waals surface area contributed by atoms with E-state index < -0.39 is 10.8 Å². The Balaban J connectivity index is 2.00. The van der Waals surface area contributed by atoms with Crippen molar-refractivity contribution in [1.82, 2.24) is 10.6 Å². The summed E-state index contributed by atoms with van der Waals surface area (Å²) in [5, 5.41) is 6.93. The van der Waals surface area contributed by atoms with Gasteiger partial charge in [0.25, 0.3) is 0 Å². The lowest BCUT2D eigenvalue weighted by molar-refractivity contribution is 0.413. The van der Waals surface area contributed by atoms with Crippen LogP contribution in [0.3, 0.4) is 0 Å². The molecule has 1 aromatic rings. The second-order valence-electron chi connectivity index (χ2n) is 6.23. The van der Waals surface area contributed by atoms with Gasteiger partial charge in [0.1, 0.15) is 5.82 Å². The number of halogens is 2. The second kappa shape index (κ2) is 10.3. The Labute approximate surface area is 160 Å². The van der Waals surface area contributed by atoms with Gasteiger partial charge in [-0.1, -0.05) is 35.3 Å². The van der Waals surface area contributed by atoms with Gasteiger partial charge in [0.15, 0.2) is 5.96 Å². The molecule has 0 aliphatic heterocycles. The monoisotopic (exact) mass is 431 g/mol. The van der Waals surface area contributed by atoms with Gasteiger partial charge in [-0.25, -0.2) is 9.38 Å². The first-order valence-corrected chi connectivity index (χ1v) is 11.1. The average Bonchev–Trinajstić information content (AvgIpc) is 2.60. The van der Waals surface area contributed by atoms with E-state index >= 15 is 0 Å². The summed E-state index contributed by atoms with van der Waals surface area (Å²) in [6.07, 6.45) is 4.07. The van der Waals surface area contributed by atoms with Crippen molar-refractivity contribution in [3.63, 3.8) is 0 Å².